The van der Waals surface area contributed by atoms with Crippen molar-refractivity contribution in [2.24, 2.45) is 0 Å². The van der Waals surface area contributed by atoms with Crippen LogP contribution in [0.2, 0.25) is 0 Å². The number of aromatic amines is 1. The van der Waals surface area contributed by atoms with Gasteiger partial charge in [-0.25, -0.2) is 14.6 Å². The van der Waals surface area contributed by atoms with Crippen molar-refractivity contribution in [1.29, 1.82) is 0 Å². The van der Waals surface area contributed by atoms with Crippen LogP contribution in [-0.4, -0.2) is 69.0 Å². The number of carboxylic acids is 2. The average molecular weight is 472 g/mol. The lowest BCUT2D eigenvalue weighted by atomic mass is 10.1. The van der Waals surface area contributed by atoms with Gasteiger partial charge in [0.05, 0.1) is 12.9 Å². The third-order valence-corrected chi connectivity index (χ3v) is 5.29. The van der Waals surface area contributed by atoms with Crippen molar-refractivity contribution in [3.05, 3.63) is 60.2 Å². The Morgan fingerprint density at radius 2 is 1.68 bits per heavy atom. The number of benzene rings is 1. The molecule has 34 heavy (non-hydrogen) atoms. The standard InChI is InChI=1S/C21H29N3O2.C4H4O4/c25-21(7-4-14-24-12-2-1-3-13-24)18-8-10-20(11-9-18)26-15-5-6-19-16-22-17-23-19;5-3(6)1-2-4(7)8/h8-11,16-17H,1-7,12-15H2,(H,22,23);1-2H,(H,5,6)(H,7,8)/b;2-1-. The third-order valence-electron chi connectivity index (χ3n) is 5.29. The Balaban J connectivity index is 0.000000440. The smallest absolute Gasteiger partial charge is 0.328 e. The lowest BCUT2D eigenvalue weighted by Gasteiger charge is -2.26. The molecule has 3 rings (SSSR count). The number of ether oxygens (including phenoxy) is 1. The second-order valence-corrected chi connectivity index (χ2v) is 7.99. The molecule has 1 saturated heterocycles. The number of nitrogens with zero attached hydrogens (tertiary/aromatic N) is 2. The molecule has 1 aliphatic heterocycles. The van der Waals surface area contributed by atoms with Crippen LogP contribution in [-0.2, 0) is 16.0 Å². The number of likely N-dealkylation sites (tertiary alicyclic amines) is 1. The molecule has 1 aliphatic rings. The maximum absolute atomic E-state index is 12.3. The van der Waals surface area contributed by atoms with Gasteiger partial charge in [0.15, 0.2) is 5.78 Å². The summed E-state index contributed by atoms with van der Waals surface area (Å²) in [6.45, 7) is 4.09. The average Bonchev–Trinajstić information content (AvgIpc) is 3.36. The number of Topliss-reactive ketones (excluding diaryl/α,β-unsaturated/α-hetero) is 1. The zero-order chi connectivity index (χ0) is 24.6. The highest BCUT2D eigenvalue weighted by Gasteiger charge is 2.11. The monoisotopic (exact) mass is 471 g/mol. The van der Waals surface area contributed by atoms with Gasteiger partial charge in [-0.2, -0.15) is 0 Å². The molecule has 1 aromatic carbocycles. The van der Waals surface area contributed by atoms with Gasteiger partial charge in [0, 0.05) is 36.0 Å². The molecule has 0 spiro atoms. The first-order chi connectivity index (χ1) is 16.4. The van der Waals surface area contributed by atoms with Crippen molar-refractivity contribution in [1.82, 2.24) is 14.9 Å². The molecule has 0 unspecified atom stereocenters. The van der Waals surface area contributed by atoms with Crippen molar-refractivity contribution < 1.29 is 29.3 Å². The Bertz CT molecular complexity index is 887. The highest BCUT2D eigenvalue weighted by molar-refractivity contribution is 5.96. The summed E-state index contributed by atoms with van der Waals surface area (Å²) in [5.74, 6) is -1.47. The number of aromatic nitrogens is 2. The molecule has 0 aliphatic carbocycles. The van der Waals surface area contributed by atoms with Crippen LogP contribution < -0.4 is 4.74 Å². The number of nitrogens with one attached hydrogen (secondary N) is 1. The lowest BCUT2D eigenvalue weighted by Crippen LogP contribution is -2.30. The Morgan fingerprint density at radius 1 is 1.00 bits per heavy atom. The SMILES string of the molecule is O=C(CCCN1CCCCC1)c1ccc(OCCCc2cnc[nH]2)cc1.O=C(O)/C=C\C(=O)O. The highest BCUT2D eigenvalue weighted by Crippen LogP contribution is 2.15. The van der Waals surface area contributed by atoms with E-state index in [0.29, 0.717) is 25.2 Å². The number of piperidine rings is 1. The fourth-order valence-corrected chi connectivity index (χ4v) is 3.54. The minimum Gasteiger partial charge on any atom is -0.494 e. The molecule has 0 bridgehead atoms. The summed E-state index contributed by atoms with van der Waals surface area (Å²) in [5.41, 5.74) is 1.91. The second kappa shape index (κ2) is 15.4. The van der Waals surface area contributed by atoms with Gasteiger partial charge in [0.1, 0.15) is 5.75 Å². The van der Waals surface area contributed by atoms with Gasteiger partial charge >= 0.3 is 11.9 Å². The molecule has 0 amide bonds. The Labute approximate surface area is 199 Å². The molecular formula is C25H33N3O6. The van der Waals surface area contributed by atoms with E-state index in [2.05, 4.69) is 14.9 Å². The topological polar surface area (TPSA) is 133 Å². The number of ketones is 1. The number of imidazole rings is 1. The van der Waals surface area contributed by atoms with E-state index in [-0.39, 0.29) is 5.78 Å². The van der Waals surface area contributed by atoms with Gasteiger partial charge in [-0.3, -0.25) is 4.79 Å². The molecular weight excluding hydrogens is 438 g/mol. The van der Waals surface area contributed by atoms with E-state index in [1.165, 1.54) is 32.4 Å². The molecule has 2 aromatic rings. The first kappa shape index (κ1) is 26.8. The van der Waals surface area contributed by atoms with Gasteiger partial charge in [0.2, 0.25) is 0 Å². The summed E-state index contributed by atoms with van der Waals surface area (Å²) in [6, 6.07) is 7.56. The number of H-pyrrole nitrogens is 1. The van der Waals surface area contributed by atoms with Crippen molar-refractivity contribution in [3.8, 4) is 5.75 Å². The number of aryl methyl sites for hydroxylation is 1. The number of rotatable bonds is 12. The first-order valence-electron chi connectivity index (χ1n) is 11.5. The van der Waals surface area contributed by atoms with E-state index < -0.39 is 11.9 Å². The summed E-state index contributed by atoms with van der Waals surface area (Å²) in [5, 5.41) is 15.6. The van der Waals surface area contributed by atoms with Crippen LogP contribution in [0.3, 0.4) is 0 Å². The maximum atomic E-state index is 12.3. The van der Waals surface area contributed by atoms with Crippen LogP contribution >= 0.6 is 0 Å². The maximum Gasteiger partial charge on any atom is 0.328 e. The van der Waals surface area contributed by atoms with Crippen LogP contribution in [0.25, 0.3) is 0 Å². The normalized spacial score (nSPS) is 13.8. The first-order valence-corrected chi connectivity index (χ1v) is 11.5. The van der Waals surface area contributed by atoms with E-state index in [0.717, 1.165) is 42.8 Å². The van der Waals surface area contributed by atoms with Crippen molar-refractivity contribution in [2.75, 3.05) is 26.2 Å². The van der Waals surface area contributed by atoms with E-state index in [1.54, 1.807) is 6.33 Å². The zero-order valence-corrected chi connectivity index (χ0v) is 19.3. The molecule has 1 aromatic heterocycles. The fourth-order valence-electron chi connectivity index (χ4n) is 3.54. The van der Waals surface area contributed by atoms with Crippen LogP contribution in [0, 0.1) is 0 Å². The van der Waals surface area contributed by atoms with Gasteiger partial charge in [-0.05, 0) is 76.0 Å². The van der Waals surface area contributed by atoms with Gasteiger partial charge in [-0.15, -0.1) is 0 Å². The molecule has 1 fully saturated rings. The van der Waals surface area contributed by atoms with Crippen LogP contribution in [0.5, 0.6) is 5.75 Å². The number of carbonyl (C=O) groups excluding carboxylic acids is 1. The van der Waals surface area contributed by atoms with E-state index >= 15 is 0 Å². The summed E-state index contributed by atoms with van der Waals surface area (Å²) in [6.07, 6.45) is 12.0. The summed E-state index contributed by atoms with van der Waals surface area (Å²) in [4.78, 5) is 41.0. The van der Waals surface area contributed by atoms with Crippen LogP contribution in [0.4, 0.5) is 0 Å². The lowest BCUT2D eigenvalue weighted by molar-refractivity contribution is -0.134. The Hall–Kier alpha value is -3.46. The molecule has 9 nitrogen and oxygen atoms in total. The third kappa shape index (κ3) is 11.4. The predicted octanol–water partition coefficient (Wildman–Crippen LogP) is 3.58. The van der Waals surface area contributed by atoms with Crippen molar-refractivity contribution >= 4 is 17.7 Å². The zero-order valence-electron chi connectivity index (χ0n) is 19.3. The molecule has 0 saturated carbocycles. The number of carboxylic acid groups (broad SMARTS) is 2. The molecule has 0 radical (unpaired) electrons. The van der Waals surface area contributed by atoms with Gasteiger partial charge < -0.3 is 24.8 Å². The summed E-state index contributed by atoms with van der Waals surface area (Å²) >= 11 is 0. The van der Waals surface area contributed by atoms with E-state index in [4.69, 9.17) is 14.9 Å². The molecule has 9 heteroatoms. The minimum atomic E-state index is -1.26. The fraction of sp³-hybridized carbons (Fsp3) is 0.440. The predicted molar refractivity (Wildman–Crippen MR) is 127 cm³/mol. The molecule has 184 valence electrons. The number of hydrogen-bond acceptors (Lipinski definition) is 6. The second-order valence-electron chi connectivity index (χ2n) is 7.99. The summed E-state index contributed by atoms with van der Waals surface area (Å²) in [7, 11) is 0. The number of aliphatic carboxylic acids is 2. The summed E-state index contributed by atoms with van der Waals surface area (Å²) < 4.78 is 5.75. The molecule has 2 heterocycles. The van der Waals surface area contributed by atoms with E-state index in [1.807, 2.05) is 30.5 Å². The van der Waals surface area contributed by atoms with Crippen molar-refractivity contribution in [3.63, 3.8) is 0 Å². The van der Waals surface area contributed by atoms with E-state index in [9.17, 15) is 14.4 Å². The van der Waals surface area contributed by atoms with Crippen LogP contribution in [0.15, 0.2) is 48.9 Å². The van der Waals surface area contributed by atoms with Gasteiger partial charge in [-0.1, -0.05) is 6.42 Å². The number of hydrogen-bond donors (Lipinski definition) is 3. The Kier molecular flexibility index (Phi) is 12.1. The van der Waals surface area contributed by atoms with Gasteiger partial charge in [0.25, 0.3) is 0 Å². The minimum absolute atomic E-state index is 0.229. The van der Waals surface area contributed by atoms with Crippen LogP contribution in [0.1, 0.15) is 54.6 Å². The number of carbonyl (C=O) groups is 3. The van der Waals surface area contributed by atoms with Crippen molar-refractivity contribution in [2.45, 2.75) is 44.9 Å². The molecule has 0 atom stereocenters. The Morgan fingerprint density at radius 3 is 2.26 bits per heavy atom. The largest absolute Gasteiger partial charge is 0.494 e. The quantitative estimate of drug-likeness (QED) is 0.243. The molecule has 3 N–H and O–H groups in total. The highest BCUT2D eigenvalue weighted by atomic mass is 16.5.